The molecule has 0 unspecified atom stereocenters. The number of piperazine rings is 1. The molecule has 0 aromatic heterocycles. The summed E-state index contributed by atoms with van der Waals surface area (Å²) in [7, 11) is 0. The minimum Gasteiger partial charge on any atom is -0.338 e. The second kappa shape index (κ2) is 8.29. The molecule has 0 spiro atoms. The van der Waals surface area contributed by atoms with Crippen LogP contribution in [0.25, 0.3) is 0 Å². The van der Waals surface area contributed by atoms with E-state index in [1.54, 1.807) is 29.2 Å². The zero-order valence-electron chi connectivity index (χ0n) is 14.8. The van der Waals surface area contributed by atoms with E-state index in [4.69, 9.17) is 5.73 Å². The van der Waals surface area contributed by atoms with Gasteiger partial charge >= 0.3 is 6.03 Å². The summed E-state index contributed by atoms with van der Waals surface area (Å²) in [6.07, 6.45) is 0.532. The fourth-order valence-corrected chi connectivity index (χ4v) is 3.34. The zero-order chi connectivity index (χ0) is 18.5. The first-order valence-corrected chi connectivity index (χ1v) is 9.02. The fourth-order valence-electron chi connectivity index (χ4n) is 3.34. The van der Waals surface area contributed by atoms with Crippen LogP contribution in [0.15, 0.2) is 24.3 Å². The largest absolute Gasteiger partial charge is 0.338 e. The molecule has 3 N–H and O–H groups in total. The van der Waals surface area contributed by atoms with Crippen LogP contribution in [0.4, 0.5) is 4.79 Å². The van der Waals surface area contributed by atoms with Crippen LogP contribution in [-0.2, 0) is 0 Å². The highest BCUT2D eigenvalue weighted by Crippen LogP contribution is 2.22. The normalized spacial score (nSPS) is 17.6. The van der Waals surface area contributed by atoms with Crippen LogP contribution in [0.1, 0.15) is 27.1 Å². The number of carbonyl (C=O) groups excluding carboxylic acids is 3. The maximum Gasteiger partial charge on any atom is 0.317 e. The highest BCUT2D eigenvalue weighted by Gasteiger charge is 2.34. The molecule has 140 valence electrons. The van der Waals surface area contributed by atoms with E-state index in [0.29, 0.717) is 50.3 Å². The maximum atomic E-state index is 12.3. The minimum atomic E-state index is -0.257. The summed E-state index contributed by atoms with van der Waals surface area (Å²) in [4.78, 5) is 42.0. The maximum absolute atomic E-state index is 12.3. The van der Waals surface area contributed by atoms with Crippen LogP contribution in [0.3, 0.4) is 0 Å². The van der Waals surface area contributed by atoms with Gasteiger partial charge in [0.2, 0.25) is 0 Å². The lowest BCUT2D eigenvalue weighted by Crippen LogP contribution is -2.52. The van der Waals surface area contributed by atoms with Crippen molar-refractivity contribution in [1.29, 1.82) is 0 Å². The standard InChI is InChI=1S/C18H25N5O3/c19-6-9-21-10-12-22(13-11-21)18(26)20-7-3-8-23-16(24)14-4-1-2-5-15(14)17(23)25/h1-2,4-5H,3,6-13,19H2,(H,20,26). The summed E-state index contributed by atoms with van der Waals surface area (Å²) in [5.41, 5.74) is 6.46. The molecule has 2 aliphatic rings. The van der Waals surface area contributed by atoms with E-state index in [2.05, 4.69) is 10.2 Å². The molecule has 3 rings (SSSR count). The number of nitrogens with one attached hydrogen (secondary N) is 1. The van der Waals surface area contributed by atoms with Gasteiger partial charge in [-0.3, -0.25) is 19.4 Å². The van der Waals surface area contributed by atoms with E-state index in [0.717, 1.165) is 19.6 Å². The Morgan fingerprint density at radius 2 is 1.62 bits per heavy atom. The van der Waals surface area contributed by atoms with E-state index in [-0.39, 0.29) is 17.8 Å². The van der Waals surface area contributed by atoms with Gasteiger partial charge in [0.05, 0.1) is 11.1 Å². The predicted molar refractivity (Wildman–Crippen MR) is 96.9 cm³/mol. The number of nitrogens with two attached hydrogens (primary N) is 1. The molecule has 26 heavy (non-hydrogen) atoms. The first kappa shape index (κ1) is 18.3. The van der Waals surface area contributed by atoms with Gasteiger partial charge < -0.3 is 16.0 Å². The third-order valence-electron chi connectivity index (χ3n) is 4.82. The number of hydrogen-bond donors (Lipinski definition) is 2. The molecule has 4 amide bonds. The number of fused-ring (bicyclic) bond motifs is 1. The molecule has 0 radical (unpaired) electrons. The molecule has 0 aliphatic carbocycles. The summed E-state index contributed by atoms with van der Waals surface area (Å²) in [5, 5.41) is 2.87. The molecule has 8 heteroatoms. The summed E-state index contributed by atoms with van der Waals surface area (Å²) >= 11 is 0. The molecule has 0 bridgehead atoms. The molecule has 1 aromatic rings. The number of urea groups is 1. The van der Waals surface area contributed by atoms with Gasteiger partial charge in [0.15, 0.2) is 0 Å². The minimum absolute atomic E-state index is 0.0974. The molecule has 8 nitrogen and oxygen atoms in total. The number of benzene rings is 1. The van der Waals surface area contributed by atoms with Crippen molar-refractivity contribution in [3.8, 4) is 0 Å². The van der Waals surface area contributed by atoms with Crippen molar-refractivity contribution in [3.05, 3.63) is 35.4 Å². The average Bonchev–Trinajstić information content (AvgIpc) is 2.91. The molecule has 1 aromatic carbocycles. The average molecular weight is 359 g/mol. The highest BCUT2D eigenvalue weighted by molar-refractivity contribution is 6.21. The van der Waals surface area contributed by atoms with Gasteiger partial charge in [0.25, 0.3) is 11.8 Å². The third-order valence-corrected chi connectivity index (χ3v) is 4.82. The Morgan fingerprint density at radius 3 is 2.19 bits per heavy atom. The Balaban J connectivity index is 1.39. The van der Waals surface area contributed by atoms with E-state index in [1.165, 1.54) is 4.90 Å². The number of hydrogen-bond acceptors (Lipinski definition) is 5. The van der Waals surface area contributed by atoms with Gasteiger partial charge in [0.1, 0.15) is 0 Å². The Labute approximate surface area is 152 Å². The number of nitrogens with zero attached hydrogens (tertiary/aromatic N) is 3. The number of rotatable bonds is 6. The monoisotopic (exact) mass is 359 g/mol. The van der Waals surface area contributed by atoms with Crippen molar-refractivity contribution in [2.24, 2.45) is 5.73 Å². The van der Waals surface area contributed by atoms with Crippen molar-refractivity contribution in [1.82, 2.24) is 20.0 Å². The lowest BCUT2D eigenvalue weighted by molar-refractivity contribution is 0.0653. The second-order valence-corrected chi connectivity index (χ2v) is 6.51. The van der Waals surface area contributed by atoms with Crippen molar-refractivity contribution in [2.45, 2.75) is 6.42 Å². The van der Waals surface area contributed by atoms with Gasteiger partial charge in [-0.25, -0.2) is 4.79 Å². The Morgan fingerprint density at radius 1 is 1.00 bits per heavy atom. The smallest absolute Gasteiger partial charge is 0.317 e. The molecule has 0 atom stereocenters. The lowest BCUT2D eigenvalue weighted by Gasteiger charge is -2.34. The molecule has 2 heterocycles. The van der Waals surface area contributed by atoms with E-state index in [1.807, 2.05) is 0 Å². The van der Waals surface area contributed by atoms with Gasteiger partial charge in [0, 0.05) is 52.4 Å². The van der Waals surface area contributed by atoms with E-state index < -0.39 is 0 Å². The fraction of sp³-hybridized carbons (Fsp3) is 0.500. The van der Waals surface area contributed by atoms with Gasteiger partial charge in [-0.05, 0) is 18.6 Å². The topological polar surface area (TPSA) is 99.0 Å². The number of amides is 4. The highest BCUT2D eigenvalue weighted by atomic mass is 16.2. The third kappa shape index (κ3) is 3.86. The van der Waals surface area contributed by atoms with Crippen LogP contribution in [0.5, 0.6) is 0 Å². The van der Waals surface area contributed by atoms with E-state index in [9.17, 15) is 14.4 Å². The molecular weight excluding hydrogens is 334 g/mol. The van der Waals surface area contributed by atoms with Crippen molar-refractivity contribution < 1.29 is 14.4 Å². The quantitative estimate of drug-likeness (QED) is 0.548. The van der Waals surface area contributed by atoms with Gasteiger partial charge in [-0.1, -0.05) is 12.1 Å². The number of carbonyl (C=O) groups is 3. The van der Waals surface area contributed by atoms with Crippen LogP contribution < -0.4 is 11.1 Å². The van der Waals surface area contributed by atoms with Crippen molar-refractivity contribution in [3.63, 3.8) is 0 Å². The van der Waals surface area contributed by atoms with Crippen LogP contribution in [-0.4, -0.2) is 84.9 Å². The first-order chi connectivity index (χ1) is 12.6. The SMILES string of the molecule is NCCN1CCN(C(=O)NCCCN2C(=O)c3ccccc3C2=O)CC1. The van der Waals surface area contributed by atoms with Crippen molar-refractivity contribution in [2.75, 3.05) is 52.4 Å². The molecule has 0 saturated carbocycles. The van der Waals surface area contributed by atoms with Crippen molar-refractivity contribution >= 4 is 17.8 Å². The van der Waals surface area contributed by atoms with Gasteiger partial charge in [-0.15, -0.1) is 0 Å². The molecule has 1 fully saturated rings. The zero-order valence-corrected chi connectivity index (χ0v) is 14.8. The summed E-state index contributed by atoms with van der Waals surface area (Å²) in [6, 6.07) is 6.74. The van der Waals surface area contributed by atoms with Gasteiger partial charge in [-0.2, -0.15) is 0 Å². The number of imide groups is 1. The summed E-state index contributed by atoms with van der Waals surface area (Å²) < 4.78 is 0. The predicted octanol–water partition coefficient (Wildman–Crippen LogP) is -0.0414. The van der Waals surface area contributed by atoms with Crippen LogP contribution in [0.2, 0.25) is 0 Å². The Hall–Kier alpha value is -2.45. The Kier molecular flexibility index (Phi) is 5.85. The second-order valence-electron chi connectivity index (χ2n) is 6.51. The lowest BCUT2D eigenvalue weighted by atomic mass is 10.1. The molecular formula is C18H25N5O3. The van der Waals surface area contributed by atoms with E-state index >= 15 is 0 Å². The molecule has 2 aliphatic heterocycles. The summed E-state index contributed by atoms with van der Waals surface area (Å²) in [5.74, 6) is -0.513. The van der Waals surface area contributed by atoms with Crippen LogP contribution >= 0.6 is 0 Å². The van der Waals surface area contributed by atoms with Crippen LogP contribution in [0, 0.1) is 0 Å². The summed E-state index contributed by atoms with van der Waals surface area (Å²) in [6.45, 7) is 5.25. The Bertz CT molecular complexity index is 650. The molecule has 1 saturated heterocycles. The first-order valence-electron chi connectivity index (χ1n) is 9.02.